The van der Waals surface area contributed by atoms with Gasteiger partial charge in [-0.25, -0.2) is 0 Å². The van der Waals surface area contributed by atoms with Crippen molar-refractivity contribution in [1.29, 1.82) is 0 Å². The van der Waals surface area contributed by atoms with Crippen LogP contribution in [0, 0.1) is 18.6 Å². The molecule has 1 aromatic heterocycles. The average Bonchev–Trinajstić information content (AvgIpc) is 3.16. The summed E-state index contributed by atoms with van der Waals surface area (Å²) < 4.78 is 2.03. The van der Waals surface area contributed by atoms with E-state index in [0.29, 0.717) is 27.5 Å². The topological polar surface area (TPSA) is 91.8 Å². The van der Waals surface area contributed by atoms with E-state index in [0.717, 1.165) is 16.7 Å². The third-order valence-electron chi connectivity index (χ3n) is 5.14. The highest BCUT2D eigenvalue weighted by atomic mass is 32.1. The maximum Gasteiger partial charge on any atom is 0.255 e. The van der Waals surface area contributed by atoms with Crippen molar-refractivity contribution in [3.63, 3.8) is 0 Å². The summed E-state index contributed by atoms with van der Waals surface area (Å²) in [6.45, 7) is 3.88. The lowest BCUT2D eigenvalue weighted by molar-refractivity contribution is -0.116. The van der Waals surface area contributed by atoms with Gasteiger partial charge in [-0.05, 0) is 62.0 Å². The van der Waals surface area contributed by atoms with E-state index in [1.54, 1.807) is 28.8 Å². The summed E-state index contributed by atoms with van der Waals surface area (Å²) in [7, 11) is 0. The first-order valence-electron chi connectivity index (χ1n) is 10.4. The number of nitrogens with one attached hydrogen (secondary N) is 3. The Morgan fingerprint density at radius 1 is 0.970 bits per heavy atom. The molecule has 33 heavy (non-hydrogen) atoms. The summed E-state index contributed by atoms with van der Waals surface area (Å²) in [5.74, 6) is 0.125. The smallest absolute Gasteiger partial charge is 0.255 e. The van der Waals surface area contributed by atoms with Crippen LogP contribution in [0.3, 0.4) is 0 Å². The van der Waals surface area contributed by atoms with E-state index in [2.05, 4.69) is 20.8 Å². The van der Waals surface area contributed by atoms with Gasteiger partial charge < -0.3 is 10.6 Å². The molecular weight excluding hydrogens is 434 g/mol. The predicted octanol–water partition coefficient (Wildman–Crippen LogP) is 5.12. The SMILES string of the molecule is Cc1cccc(-c2n[nH]c(=S)n2CC(=O)Nc2cc(NC(=O)c3ccccc3)ccc2C)c1. The van der Waals surface area contributed by atoms with E-state index >= 15 is 0 Å². The summed E-state index contributed by atoms with van der Waals surface area (Å²) in [4.78, 5) is 25.3. The van der Waals surface area contributed by atoms with E-state index in [4.69, 9.17) is 12.2 Å². The van der Waals surface area contributed by atoms with Gasteiger partial charge in [0.2, 0.25) is 5.91 Å². The van der Waals surface area contributed by atoms with Crippen molar-refractivity contribution in [3.05, 3.63) is 94.3 Å². The Bertz CT molecular complexity index is 1380. The standard InChI is InChI=1S/C25H23N5O2S/c1-16-7-6-10-19(13-16)23-28-29-25(33)30(23)15-22(31)27-21-14-20(12-11-17(21)2)26-24(32)18-8-4-3-5-9-18/h3-14H,15H2,1-2H3,(H,26,32)(H,27,31)(H,29,33). The number of amides is 2. The average molecular weight is 458 g/mol. The van der Waals surface area contributed by atoms with Crippen molar-refractivity contribution in [2.75, 3.05) is 10.6 Å². The van der Waals surface area contributed by atoms with E-state index in [9.17, 15) is 9.59 Å². The second-order valence-corrected chi connectivity index (χ2v) is 8.09. The Kier molecular flexibility index (Phi) is 6.46. The lowest BCUT2D eigenvalue weighted by Crippen LogP contribution is -2.20. The Morgan fingerprint density at radius 2 is 1.76 bits per heavy atom. The fourth-order valence-corrected chi connectivity index (χ4v) is 3.63. The minimum Gasteiger partial charge on any atom is -0.324 e. The number of carbonyl (C=O) groups excluding carboxylic acids is 2. The molecule has 0 aliphatic carbocycles. The van der Waals surface area contributed by atoms with E-state index in [-0.39, 0.29) is 18.4 Å². The maximum absolute atomic E-state index is 12.9. The highest BCUT2D eigenvalue weighted by molar-refractivity contribution is 7.71. The Labute approximate surface area is 196 Å². The molecule has 4 rings (SSSR count). The van der Waals surface area contributed by atoms with E-state index < -0.39 is 0 Å². The molecule has 1 heterocycles. The first kappa shape index (κ1) is 22.2. The second kappa shape index (κ2) is 9.62. The minimum atomic E-state index is -0.254. The van der Waals surface area contributed by atoms with Crippen molar-refractivity contribution in [1.82, 2.24) is 14.8 Å². The van der Waals surface area contributed by atoms with Crippen LogP contribution in [0.25, 0.3) is 11.4 Å². The van der Waals surface area contributed by atoms with Crippen molar-refractivity contribution < 1.29 is 9.59 Å². The van der Waals surface area contributed by atoms with Gasteiger partial charge in [0.25, 0.3) is 5.91 Å². The predicted molar refractivity (Wildman–Crippen MR) is 132 cm³/mol. The molecule has 7 nitrogen and oxygen atoms in total. The summed E-state index contributed by atoms with van der Waals surface area (Å²) in [5, 5.41) is 12.9. The second-order valence-electron chi connectivity index (χ2n) is 7.71. The third-order valence-corrected chi connectivity index (χ3v) is 5.45. The van der Waals surface area contributed by atoms with Crippen LogP contribution >= 0.6 is 12.2 Å². The highest BCUT2D eigenvalue weighted by Gasteiger charge is 2.14. The molecule has 4 aromatic rings. The van der Waals surface area contributed by atoms with Gasteiger partial charge >= 0.3 is 0 Å². The molecule has 166 valence electrons. The number of aromatic nitrogens is 3. The van der Waals surface area contributed by atoms with Gasteiger partial charge in [-0.15, -0.1) is 0 Å². The maximum atomic E-state index is 12.9. The van der Waals surface area contributed by atoms with Crippen LogP contribution < -0.4 is 10.6 Å². The van der Waals surface area contributed by atoms with Crippen LogP contribution in [0.2, 0.25) is 0 Å². The Balaban J connectivity index is 1.51. The van der Waals surface area contributed by atoms with Gasteiger partial charge in [-0.1, -0.05) is 48.0 Å². The third kappa shape index (κ3) is 5.24. The lowest BCUT2D eigenvalue weighted by Gasteiger charge is -2.13. The monoisotopic (exact) mass is 457 g/mol. The fourth-order valence-electron chi connectivity index (χ4n) is 3.43. The van der Waals surface area contributed by atoms with Crippen LogP contribution in [0.15, 0.2) is 72.8 Å². The molecule has 3 N–H and O–H groups in total. The van der Waals surface area contributed by atoms with Gasteiger partial charge in [-0.2, -0.15) is 5.10 Å². The number of benzene rings is 3. The minimum absolute atomic E-state index is 0.00134. The molecule has 0 aliphatic heterocycles. The molecule has 0 spiro atoms. The molecule has 2 amide bonds. The first-order chi connectivity index (χ1) is 15.9. The number of anilines is 2. The van der Waals surface area contributed by atoms with Crippen LogP contribution in [-0.4, -0.2) is 26.6 Å². The van der Waals surface area contributed by atoms with E-state index in [1.807, 2.05) is 62.4 Å². The Morgan fingerprint density at radius 3 is 2.52 bits per heavy atom. The van der Waals surface area contributed by atoms with Crippen molar-refractivity contribution in [2.24, 2.45) is 0 Å². The first-order valence-corrected chi connectivity index (χ1v) is 10.8. The number of carbonyl (C=O) groups is 2. The zero-order valence-corrected chi connectivity index (χ0v) is 19.1. The summed E-state index contributed by atoms with van der Waals surface area (Å²) in [6, 6.07) is 22.2. The number of aromatic amines is 1. The van der Waals surface area contributed by atoms with Crippen molar-refractivity contribution in [3.8, 4) is 11.4 Å². The van der Waals surface area contributed by atoms with Gasteiger partial charge in [0.15, 0.2) is 10.6 Å². The van der Waals surface area contributed by atoms with Gasteiger partial charge in [0.1, 0.15) is 6.54 Å². The van der Waals surface area contributed by atoms with Crippen molar-refractivity contribution >= 4 is 35.4 Å². The number of hydrogen-bond donors (Lipinski definition) is 3. The summed E-state index contributed by atoms with van der Waals surface area (Å²) in [5.41, 5.74) is 4.58. The Hall–Kier alpha value is -4.04. The molecule has 8 heteroatoms. The number of nitrogens with zero attached hydrogens (tertiary/aromatic N) is 2. The molecular formula is C25H23N5O2S. The number of H-pyrrole nitrogens is 1. The fraction of sp³-hybridized carbons (Fsp3) is 0.120. The van der Waals surface area contributed by atoms with Gasteiger partial charge in [0, 0.05) is 22.5 Å². The quantitative estimate of drug-likeness (QED) is 0.351. The van der Waals surface area contributed by atoms with Crippen LogP contribution in [0.4, 0.5) is 11.4 Å². The summed E-state index contributed by atoms with van der Waals surface area (Å²) >= 11 is 5.35. The lowest BCUT2D eigenvalue weighted by atomic mass is 10.1. The highest BCUT2D eigenvalue weighted by Crippen LogP contribution is 2.22. The van der Waals surface area contributed by atoms with Crippen LogP contribution in [-0.2, 0) is 11.3 Å². The normalized spacial score (nSPS) is 10.6. The molecule has 0 bridgehead atoms. The van der Waals surface area contributed by atoms with Crippen LogP contribution in [0.1, 0.15) is 21.5 Å². The molecule has 0 saturated heterocycles. The molecule has 3 aromatic carbocycles. The molecule has 0 saturated carbocycles. The van der Waals surface area contributed by atoms with E-state index in [1.165, 1.54) is 0 Å². The van der Waals surface area contributed by atoms with Crippen LogP contribution in [0.5, 0.6) is 0 Å². The molecule has 0 fully saturated rings. The number of hydrogen-bond acceptors (Lipinski definition) is 4. The summed E-state index contributed by atoms with van der Waals surface area (Å²) in [6.07, 6.45) is 0. The number of rotatable bonds is 6. The number of aryl methyl sites for hydroxylation is 2. The van der Waals surface area contributed by atoms with Crippen molar-refractivity contribution in [2.45, 2.75) is 20.4 Å². The molecule has 0 atom stereocenters. The molecule has 0 aliphatic rings. The largest absolute Gasteiger partial charge is 0.324 e. The van der Waals surface area contributed by atoms with Gasteiger partial charge in [-0.3, -0.25) is 19.3 Å². The van der Waals surface area contributed by atoms with Gasteiger partial charge in [0.05, 0.1) is 0 Å². The molecule has 0 unspecified atom stereocenters. The molecule has 0 radical (unpaired) electrons. The zero-order valence-electron chi connectivity index (χ0n) is 18.3. The zero-order chi connectivity index (χ0) is 23.4.